The van der Waals surface area contributed by atoms with E-state index in [0.717, 1.165) is 0 Å². The summed E-state index contributed by atoms with van der Waals surface area (Å²) in [5, 5.41) is 15.1. The van der Waals surface area contributed by atoms with Gasteiger partial charge in [-0.15, -0.1) is 0 Å². The third-order valence-corrected chi connectivity index (χ3v) is 2.79. The van der Waals surface area contributed by atoms with Crippen molar-refractivity contribution in [2.24, 2.45) is 0 Å². The fourth-order valence-corrected chi connectivity index (χ4v) is 1.76. The van der Waals surface area contributed by atoms with Gasteiger partial charge >= 0.3 is 12.6 Å². The van der Waals surface area contributed by atoms with Crippen molar-refractivity contribution in [1.82, 2.24) is 9.78 Å². The maximum absolute atomic E-state index is 12.0. The van der Waals surface area contributed by atoms with E-state index in [4.69, 9.17) is 5.11 Å². The lowest BCUT2D eigenvalue weighted by Gasteiger charge is -2.07. The van der Waals surface area contributed by atoms with Gasteiger partial charge in [0.2, 0.25) is 5.91 Å². The number of aromatic carboxylic acids is 1. The van der Waals surface area contributed by atoms with Crippen LogP contribution in [0.3, 0.4) is 0 Å². The number of carbonyl (C=O) groups is 2. The van der Waals surface area contributed by atoms with Crippen molar-refractivity contribution in [3.63, 3.8) is 0 Å². The molecular weight excluding hydrogens is 312 g/mol. The molecule has 2 aromatic rings. The van der Waals surface area contributed by atoms with E-state index < -0.39 is 12.6 Å². The van der Waals surface area contributed by atoms with Crippen molar-refractivity contribution in [3.8, 4) is 5.75 Å². The lowest BCUT2D eigenvalue weighted by molar-refractivity contribution is -0.116. The minimum atomic E-state index is -2.90. The number of nitrogens with zero attached hydrogens (tertiary/aromatic N) is 2. The van der Waals surface area contributed by atoms with Crippen LogP contribution in [0.25, 0.3) is 0 Å². The van der Waals surface area contributed by atoms with Gasteiger partial charge in [0.05, 0.1) is 0 Å². The molecule has 1 heterocycles. The van der Waals surface area contributed by atoms with Crippen molar-refractivity contribution in [2.45, 2.75) is 19.6 Å². The Bertz CT molecular complexity index is 686. The minimum absolute atomic E-state index is 0.00394. The molecule has 23 heavy (non-hydrogen) atoms. The number of nitrogens with one attached hydrogen (secondary N) is 1. The van der Waals surface area contributed by atoms with Gasteiger partial charge in [0.1, 0.15) is 5.75 Å². The summed E-state index contributed by atoms with van der Waals surface area (Å²) in [6, 6.07) is 6.84. The van der Waals surface area contributed by atoms with Gasteiger partial charge in [-0.25, -0.2) is 4.79 Å². The predicted octanol–water partition coefficient (Wildman–Crippen LogP) is 2.21. The molecule has 0 radical (unpaired) electrons. The molecule has 0 atom stereocenters. The zero-order valence-corrected chi connectivity index (χ0v) is 11.8. The summed E-state index contributed by atoms with van der Waals surface area (Å²) in [7, 11) is 0. The third kappa shape index (κ3) is 5.06. The van der Waals surface area contributed by atoms with E-state index in [2.05, 4.69) is 15.2 Å². The van der Waals surface area contributed by atoms with Crippen molar-refractivity contribution >= 4 is 17.6 Å². The quantitative estimate of drug-likeness (QED) is 0.814. The molecule has 122 valence electrons. The first kappa shape index (κ1) is 16.4. The monoisotopic (exact) mass is 325 g/mol. The van der Waals surface area contributed by atoms with E-state index in [0.29, 0.717) is 5.69 Å². The molecular formula is C14H13F2N3O4. The van der Waals surface area contributed by atoms with Gasteiger partial charge in [-0.3, -0.25) is 9.48 Å². The fraction of sp³-hybridized carbons (Fsp3) is 0.214. The number of rotatable bonds is 7. The van der Waals surface area contributed by atoms with Gasteiger partial charge in [0, 0.05) is 24.8 Å². The molecule has 2 N–H and O–H groups in total. The first-order valence-corrected chi connectivity index (χ1v) is 6.55. The second kappa shape index (κ2) is 7.34. The minimum Gasteiger partial charge on any atom is -0.476 e. The van der Waals surface area contributed by atoms with E-state index in [1.165, 1.54) is 41.2 Å². The number of hydrogen-bond donors (Lipinski definition) is 2. The van der Waals surface area contributed by atoms with Crippen molar-refractivity contribution in [2.75, 3.05) is 5.32 Å². The number of halogens is 2. The number of anilines is 1. The Labute approximate surface area is 129 Å². The van der Waals surface area contributed by atoms with Gasteiger partial charge in [-0.2, -0.15) is 13.9 Å². The molecule has 9 heteroatoms. The first-order chi connectivity index (χ1) is 10.9. The van der Waals surface area contributed by atoms with Crippen LogP contribution in [0, 0.1) is 0 Å². The molecule has 0 aliphatic heterocycles. The van der Waals surface area contributed by atoms with Crippen LogP contribution in [0.1, 0.15) is 16.9 Å². The molecule has 0 aliphatic rings. The highest BCUT2D eigenvalue weighted by Crippen LogP contribution is 2.17. The van der Waals surface area contributed by atoms with E-state index in [1.807, 2.05) is 0 Å². The van der Waals surface area contributed by atoms with E-state index >= 15 is 0 Å². The second-order valence-corrected chi connectivity index (χ2v) is 4.47. The molecule has 1 aromatic carbocycles. The Morgan fingerprint density at radius 2 is 1.96 bits per heavy atom. The summed E-state index contributed by atoms with van der Waals surface area (Å²) >= 11 is 0. The number of benzene rings is 1. The Hall–Kier alpha value is -2.97. The lowest BCUT2D eigenvalue weighted by atomic mass is 10.3. The molecule has 7 nitrogen and oxygen atoms in total. The fourth-order valence-electron chi connectivity index (χ4n) is 1.76. The number of aryl methyl sites for hydroxylation is 1. The first-order valence-electron chi connectivity index (χ1n) is 6.55. The maximum atomic E-state index is 12.0. The van der Waals surface area contributed by atoms with Crippen LogP contribution in [-0.4, -0.2) is 33.4 Å². The summed E-state index contributed by atoms with van der Waals surface area (Å²) in [5.41, 5.74) is 0.336. The average Bonchev–Trinajstić information content (AvgIpc) is 2.96. The van der Waals surface area contributed by atoms with Crippen molar-refractivity contribution in [1.29, 1.82) is 0 Å². The van der Waals surface area contributed by atoms with Gasteiger partial charge in [-0.1, -0.05) is 0 Å². The smallest absolute Gasteiger partial charge is 0.387 e. The Kier molecular flexibility index (Phi) is 5.23. The van der Waals surface area contributed by atoms with E-state index in [9.17, 15) is 18.4 Å². The van der Waals surface area contributed by atoms with Gasteiger partial charge < -0.3 is 15.2 Å². The van der Waals surface area contributed by atoms with Crippen LogP contribution in [0.15, 0.2) is 36.5 Å². The Morgan fingerprint density at radius 3 is 2.52 bits per heavy atom. The second-order valence-electron chi connectivity index (χ2n) is 4.47. The van der Waals surface area contributed by atoms with Crippen LogP contribution in [0.5, 0.6) is 5.75 Å². The highest BCUT2D eigenvalue weighted by atomic mass is 19.3. The van der Waals surface area contributed by atoms with Crippen molar-refractivity contribution in [3.05, 3.63) is 42.2 Å². The van der Waals surface area contributed by atoms with Gasteiger partial charge in [-0.05, 0) is 30.3 Å². The summed E-state index contributed by atoms with van der Waals surface area (Å²) in [5.74, 6) is -1.46. The normalized spacial score (nSPS) is 10.6. The molecule has 1 amide bonds. The van der Waals surface area contributed by atoms with Gasteiger partial charge in [0.25, 0.3) is 0 Å². The molecule has 2 rings (SSSR count). The number of ether oxygens (including phenoxy) is 1. The van der Waals surface area contributed by atoms with E-state index in [1.54, 1.807) is 0 Å². The lowest BCUT2D eigenvalue weighted by Crippen LogP contribution is -2.15. The number of alkyl halides is 2. The maximum Gasteiger partial charge on any atom is 0.387 e. The summed E-state index contributed by atoms with van der Waals surface area (Å²) in [6.07, 6.45) is 1.54. The molecule has 0 fully saturated rings. The molecule has 0 aliphatic carbocycles. The zero-order valence-electron chi connectivity index (χ0n) is 11.8. The number of hydrogen-bond acceptors (Lipinski definition) is 4. The molecule has 0 spiro atoms. The van der Waals surface area contributed by atoms with Crippen molar-refractivity contribution < 1.29 is 28.2 Å². The number of carboxylic acids is 1. The molecule has 1 aromatic heterocycles. The van der Waals surface area contributed by atoms with Crippen LogP contribution < -0.4 is 10.1 Å². The number of amides is 1. The van der Waals surface area contributed by atoms with Crippen LogP contribution in [0.4, 0.5) is 14.5 Å². The summed E-state index contributed by atoms with van der Waals surface area (Å²) in [4.78, 5) is 22.4. The number of carboxylic acid groups (broad SMARTS) is 1. The van der Waals surface area contributed by atoms with Crippen LogP contribution >= 0.6 is 0 Å². The Morgan fingerprint density at radius 1 is 1.26 bits per heavy atom. The van der Waals surface area contributed by atoms with E-state index in [-0.39, 0.29) is 30.3 Å². The standard InChI is InChI=1S/C14H13F2N3O4/c15-14(16)23-10-3-1-9(2-4-10)17-12(20)6-8-19-7-5-11(18-19)13(21)22/h1-5,7,14H,6,8H2,(H,17,20)(H,21,22). The molecule has 0 bridgehead atoms. The Balaban J connectivity index is 1.83. The number of aromatic nitrogens is 2. The zero-order chi connectivity index (χ0) is 16.8. The predicted molar refractivity (Wildman–Crippen MR) is 75.5 cm³/mol. The topological polar surface area (TPSA) is 93.5 Å². The summed E-state index contributed by atoms with van der Waals surface area (Å²) < 4.78 is 29.6. The molecule has 0 saturated heterocycles. The van der Waals surface area contributed by atoms with Gasteiger partial charge in [0.15, 0.2) is 5.69 Å². The SMILES string of the molecule is O=C(CCn1ccc(C(=O)O)n1)Nc1ccc(OC(F)F)cc1. The largest absolute Gasteiger partial charge is 0.476 e. The average molecular weight is 325 g/mol. The highest BCUT2D eigenvalue weighted by Gasteiger charge is 2.09. The highest BCUT2D eigenvalue weighted by molar-refractivity contribution is 5.90. The number of carbonyl (C=O) groups excluding carboxylic acids is 1. The molecule has 0 unspecified atom stereocenters. The summed E-state index contributed by atoms with van der Waals surface area (Å²) in [6.45, 7) is -2.69. The van der Waals surface area contributed by atoms with Crippen LogP contribution in [0.2, 0.25) is 0 Å². The third-order valence-electron chi connectivity index (χ3n) is 2.79. The van der Waals surface area contributed by atoms with Crippen LogP contribution in [-0.2, 0) is 11.3 Å². The molecule has 0 saturated carbocycles.